The molecular weight excluding hydrogens is 414 g/mol. The Morgan fingerprint density at radius 3 is 2.91 bits per heavy atom. The van der Waals surface area contributed by atoms with Gasteiger partial charge in [-0.3, -0.25) is 9.20 Å². The molecule has 2 amide bonds. The van der Waals surface area contributed by atoms with Gasteiger partial charge in [0.1, 0.15) is 17.9 Å². The molecule has 0 spiro atoms. The van der Waals surface area contributed by atoms with Crippen LogP contribution in [0.25, 0.3) is 17.0 Å². The van der Waals surface area contributed by atoms with Gasteiger partial charge in [0, 0.05) is 17.4 Å². The third-order valence-electron chi connectivity index (χ3n) is 4.66. The van der Waals surface area contributed by atoms with E-state index in [0.717, 1.165) is 5.56 Å². The van der Waals surface area contributed by atoms with E-state index in [2.05, 4.69) is 30.5 Å². The molecule has 4 rings (SSSR count). The van der Waals surface area contributed by atoms with Gasteiger partial charge in [0.15, 0.2) is 0 Å². The van der Waals surface area contributed by atoms with E-state index in [9.17, 15) is 9.59 Å². The van der Waals surface area contributed by atoms with Gasteiger partial charge in [-0.25, -0.2) is 9.78 Å². The number of rotatable bonds is 5. The monoisotopic (exact) mass is 431 g/mol. The number of anilines is 1. The maximum absolute atomic E-state index is 12.9. The van der Waals surface area contributed by atoms with Crippen LogP contribution in [0.2, 0.25) is 0 Å². The Bertz CT molecular complexity index is 1370. The van der Waals surface area contributed by atoms with Crippen LogP contribution >= 0.6 is 0 Å². The molecule has 0 fully saturated rings. The molecule has 2 N–H and O–H groups in total. The van der Waals surface area contributed by atoms with Gasteiger partial charge in [-0.1, -0.05) is 17.3 Å². The first kappa shape index (κ1) is 20.5. The first-order chi connectivity index (χ1) is 15.5. The van der Waals surface area contributed by atoms with Crippen LogP contribution in [-0.4, -0.2) is 38.6 Å². The number of carbonyl (C=O) groups is 2. The van der Waals surface area contributed by atoms with Crippen molar-refractivity contribution in [3.05, 3.63) is 65.4 Å². The van der Waals surface area contributed by atoms with E-state index in [1.165, 1.54) is 13.3 Å². The van der Waals surface area contributed by atoms with Crippen molar-refractivity contribution in [1.29, 1.82) is 5.26 Å². The van der Waals surface area contributed by atoms with Crippen molar-refractivity contribution in [2.75, 3.05) is 12.4 Å². The zero-order chi connectivity index (χ0) is 22.7. The third-order valence-corrected chi connectivity index (χ3v) is 4.66. The Labute approximate surface area is 181 Å². The summed E-state index contributed by atoms with van der Waals surface area (Å²) in [6, 6.07) is 10.6. The van der Waals surface area contributed by atoms with Gasteiger partial charge in [0.05, 0.1) is 24.9 Å². The van der Waals surface area contributed by atoms with Crippen LogP contribution in [0.15, 0.2) is 47.2 Å². The molecule has 1 aromatic carbocycles. The second-order valence-corrected chi connectivity index (χ2v) is 6.74. The highest BCUT2D eigenvalue weighted by molar-refractivity contribution is 6.04. The Morgan fingerprint density at radius 1 is 1.28 bits per heavy atom. The first-order valence-electron chi connectivity index (χ1n) is 9.42. The molecule has 0 aliphatic carbocycles. The van der Waals surface area contributed by atoms with E-state index in [4.69, 9.17) is 9.78 Å². The second kappa shape index (κ2) is 8.57. The number of amides is 2. The Kier molecular flexibility index (Phi) is 5.50. The number of imidazole rings is 1. The van der Waals surface area contributed by atoms with Crippen LogP contribution in [0.3, 0.4) is 0 Å². The number of carbonyl (C=O) groups excluding carboxylic acids is 2. The molecule has 0 atom stereocenters. The number of alkyl carbamates (subject to hydrolysis) is 1. The van der Waals surface area contributed by atoms with Gasteiger partial charge in [0.25, 0.3) is 5.91 Å². The molecule has 0 aliphatic heterocycles. The van der Waals surface area contributed by atoms with Crippen molar-refractivity contribution in [2.45, 2.75) is 13.5 Å². The fraction of sp³-hybridized carbons (Fsp3) is 0.143. The lowest BCUT2D eigenvalue weighted by atomic mass is 10.1. The summed E-state index contributed by atoms with van der Waals surface area (Å²) in [5.41, 5.74) is 3.30. The van der Waals surface area contributed by atoms with Crippen molar-refractivity contribution >= 4 is 23.3 Å². The molecule has 11 nitrogen and oxygen atoms in total. The lowest BCUT2D eigenvalue weighted by Gasteiger charge is -2.09. The zero-order valence-electron chi connectivity index (χ0n) is 17.1. The molecule has 3 heterocycles. The van der Waals surface area contributed by atoms with Gasteiger partial charge < -0.3 is 19.9 Å². The normalized spacial score (nSPS) is 10.5. The van der Waals surface area contributed by atoms with Crippen molar-refractivity contribution < 1.29 is 18.8 Å². The van der Waals surface area contributed by atoms with Gasteiger partial charge in [-0.05, 0) is 30.7 Å². The zero-order valence-corrected chi connectivity index (χ0v) is 17.1. The number of ether oxygens (including phenoxy) is 1. The van der Waals surface area contributed by atoms with Crippen molar-refractivity contribution in [2.24, 2.45) is 0 Å². The van der Waals surface area contributed by atoms with Gasteiger partial charge in [0.2, 0.25) is 11.7 Å². The SMILES string of the molecule is COC(=O)NCc1nc(-c2ccc(C)c(NC(=O)c3cnc4cc(C#N)ccn34)c2)no1. The highest BCUT2D eigenvalue weighted by Crippen LogP contribution is 2.24. The van der Waals surface area contributed by atoms with Crippen molar-refractivity contribution in [1.82, 2.24) is 24.8 Å². The predicted molar refractivity (Wildman–Crippen MR) is 112 cm³/mol. The molecule has 0 bridgehead atoms. The predicted octanol–water partition coefficient (Wildman–Crippen LogP) is 2.67. The average Bonchev–Trinajstić information content (AvgIpc) is 3.45. The fourth-order valence-electron chi connectivity index (χ4n) is 2.96. The topological polar surface area (TPSA) is 147 Å². The van der Waals surface area contributed by atoms with E-state index < -0.39 is 6.09 Å². The van der Waals surface area contributed by atoms with E-state index in [-0.39, 0.29) is 18.3 Å². The number of hydrogen-bond donors (Lipinski definition) is 2. The van der Waals surface area contributed by atoms with Crippen molar-refractivity contribution in [3.63, 3.8) is 0 Å². The summed E-state index contributed by atoms with van der Waals surface area (Å²) >= 11 is 0. The highest BCUT2D eigenvalue weighted by Gasteiger charge is 2.16. The molecular formula is C21H17N7O4. The lowest BCUT2D eigenvalue weighted by Crippen LogP contribution is -2.22. The quantitative estimate of drug-likeness (QED) is 0.490. The van der Waals surface area contributed by atoms with Crippen LogP contribution in [0, 0.1) is 18.3 Å². The van der Waals surface area contributed by atoms with E-state index in [1.54, 1.807) is 34.9 Å². The van der Waals surface area contributed by atoms with E-state index in [0.29, 0.717) is 34.0 Å². The fourth-order valence-corrected chi connectivity index (χ4v) is 2.96. The Hall–Kier alpha value is -4.72. The van der Waals surface area contributed by atoms with Gasteiger partial charge in [-0.15, -0.1) is 0 Å². The molecule has 4 aromatic rings. The summed E-state index contributed by atoms with van der Waals surface area (Å²) in [5.74, 6) is 0.151. The summed E-state index contributed by atoms with van der Waals surface area (Å²) in [4.78, 5) is 32.5. The van der Waals surface area contributed by atoms with Gasteiger partial charge in [-0.2, -0.15) is 10.2 Å². The van der Waals surface area contributed by atoms with Crippen molar-refractivity contribution in [3.8, 4) is 17.5 Å². The second-order valence-electron chi connectivity index (χ2n) is 6.74. The minimum atomic E-state index is -0.610. The first-order valence-corrected chi connectivity index (χ1v) is 9.42. The van der Waals surface area contributed by atoms with Crippen LogP contribution in [0.4, 0.5) is 10.5 Å². The number of hydrogen-bond acceptors (Lipinski definition) is 8. The van der Waals surface area contributed by atoms with Crippen LogP contribution in [0.1, 0.15) is 27.5 Å². The number of fused-ring (bicyclic) bond motifs is 1. The summed E-state index contributed by atoms with van der Waals surface area (Å²) in [6.07, 6.45) is 2.47. The Morgan fingerprint density at radius 2 is 2.12 bits per heavy atom. The molecule has 11 heteroatoms. The van der Waals surface area contributed by atoms with Gasteiger partial charge >= 0.3 is 6.09 Å². The minimum absolute atomic E-state index is 0.0247. The number of aromatic nitrogens is 4. The highest BCUT2D eigenvalue weighted by atomic mass is 16.5. The minimum Gasteiger partial charge on any atom is -0.453 e. The van der Waals surface area contributed by atoms with Crippen LogP contribution in [-0.2, 0) is 11.3 Å². The Balaban J connectivity index is 1.55. The number of nitrogens with one attached hydrogen (secondary N) is 2. The molecule has 0 saturated heterocycles. The molecule has 3 aromatic heterocycles. The number of benzene rings is 1. The van der Waals surface area contributed by atoms with Crippen LogP contribution < -0.4 is 10.6 Å². The number of pyridine rings is 1. The maximum Gasteiger partial charge on any atom is 0.407 e. The smallest absolute Gasteiger partial charge is 0.407 e. The summed E-state index contributed by atoms with van der Waals surface area (Å²) in [6.45, 7) is 1.88. The number of nitrogens with zero attached hydrogens (tertiary/aromatic N) is 5. The van der Waals surface area contributed by atoms with E-state index >= 15 is 0 Å². The number of nitriles is 1. The largest absolute Gasteiger partial charge is 0.453 e. The summed E-state index contributed by atoms with van der Waals surface area (Å²) in [7, 11) is 1.26. The molecule has 0 radical (unpaired) electrons. The summed E-state index contributed by atoms with van der Waals surface area (Å²) in [5, 5.41) is 18.3. The number of aryl methyl sites for hydroxylation is 1. The molecule has 0 saturated carbocycles. The number of methoxy groups -OCH3 is 1. The van der Waals surface area contributed by atoms with E-state index in [1.807, 2.05) is 19.1 Å². The maximum atomic E-state index is 12.9. The van der Waals surface area contributed by atoms with Crippen LogP contribution in [0.5, 0.6) is 0 Å². The molecule has 160 valence electrons. The average molecular weight is 431 g/mol. The molecule has 32 heavy (non-hydrogen) atoms. The standard InChI is InChI=1S/C21H17N7O4/c1-12-3-4-14(19-26-18(32-27-19)11-24-21(30)31-2)8-15(12)25-20(29)16-10-23-17-7-13(9-22)5-6-28(16)17/h3-8,10H,11H2,1-2H3,(H,24,30)(H,25,29). The molecule has 0 unspecified atom stereocenters. The lowest BCUT2D eigenvalue weighted by molar-refractivity contribution is 0.102. The third kappa shape index (κ3) is 4.10. The molecule has 0 aliphatic rings. The summed E-state index contributed by atoms with van der Waals surface area (Å²) < 4.78 is 11.2.